The van der Waals surface area contributed by atoms with Gasteiger partial charge in [0.15, 0.2) is 11.9 Å². The zero-order chi connectivity index (χ0) is 14.3. The van der Waals surface area contributed by atoms with Crippen LogP contribution in [0.2, 0.25) is 0 Å². The summed E-state index contributed by atoms with van der Waals surface area (Å²) in [6.45, 7) is -0.369. The molecule has 1 aliphatic rings. The highest BCUT2D eigenvalue weighted by Crippen LogP contribution is 2.32. The van der Waals surface area contributed by atoms with Gasteiger partial charge in [-0.3, -0.25) is 4.57 Å². The Labute approximate surface area is 118 Å². The molecular weight excluding hydrogens is 284 g/mol. The molecule has 2 aromatic rings. The van der Waals surface area contributed by atoms with Gasteiger partial charge < -0.3 is 20.1 Å². The van der Waals surface area contributed by atoms with Gasteiger partial charge in [0.05, 0.1) is 12.9 Å². The second-order valence-corrected chi connectivity index (χ2v) is 5.23. The molecule has 1 fully saturated rings. The molecule has 0 radical (unpaired) electrons. The second kappa shape index (κ2) is 5.26. The first-order valence-corrected chi connectivity index (χ1v) is 7.23. The molecule has 3 N–H and O–H groups in total. The van der Waals surface area contributed by atoms with Crippen molar-refractivity contribution in [2.75, 3.05) is 12.9 Å². The zero-order valence-electron chi connectivity index (χ0n) is 10.6. The van der Waals surface area contributed by atoms with Gasteiger partial charge in [0, 0.05) is 0 Å². The van der Waals surface area contributed by atoms with E-state index in [0.717, 1.165) is 5.03 Å². The number of aromatic nitrogens is 4. The van der Waals surface area contributed by atoms with E-state index in [2.05, 4.69) is 15.0 Å². The summed E-state index contributed by atoms with van der Waals surface area (Å²) in [7, 11) is 0. The van der Waals surface area contributed by atoms with Crippen LogP contribution >= 0.6 is 11.8 Å². The van der Waals surface area contributed by atoms with Crippen LogP contribution in [-0.2, 0) is 4.74 Å². The van der Waals surface area contributed by atoms with E-state index in [1.807, 2.05) is 6.26 Å². The molecule has 3 heterocycles. The van der Waals surface area contributed by atoms with Gasteiger partial charge in [0.1, 0.15) is 35.2 Å². The summed E-state index contributed by atoms with van der Waals surface area (Å²) < 4.78 is 7.01. The Morgan fingerprint density at radius 3 is 2.75 bits per heavy atom. The largest absolute Gasteiger partial charge is 0.394 e. The molecule has 108 valence electrons. The third-order valence-corrected chi connectivity index (χ3v) is 4.00. The molecule has 0 bridgehead atoms. The molecule has 4 atom stereocenters. The normalized spacial score (nSPS) is 30.2. The highest BCUT2D eigenvalue weighted by molar-refractivity contribution is 7.98. The quantitative estimate of drug-likeness (QED) is 0.496. The summed E-state index contributed by atoms with van der Waals surface area (Å²) in [5.41, 5.74) is 1.12. The van der Waals surface area contributed by atoms with Crippen molar-refractivity contribution in [1.82, 2.24) is 19.5 Å². The molecule has 3 rings (SSSR count). The highest BCUT2D eigenvalue weighted by atomic mass is 32.2. The predicted octanol–water partition coefficient (Wildman–Crippen LogP) is -0.840. The van der Waals surface area contributed by atoms with Crippen molar-refractivity contribution in [1.29, 1.82) is 0 Å². The Balaban J connectivity index is 2.03. The smallest absolute Gasteiger partial charge is 0.166 e. The van der Waals surface area contributed by atoms with E-state index in [1.165, 1.54) is 24.4 Å². The van der Waals surface area contributed by atoms with E-state index < -0.39 is 24.5 Å². The molecule has 0 unspecified atom stereocenters. The monoisotopic (exact) mass is 298 g/mol. The van der Waals surface area contributed by atoms with Crippen molar-refractivity contribution < 1.29 is 20.1 Å². The van der Waals surface area contributed by atoms with Crippen LogP contribution in [0.25, 0.3) is 11.2 Å². The minimum Gasteiger partial charge on any atom is -0.394 e. The number of hydrogen-bond acceptors (Lipinski definition) is 8. The predicted molar refractivity (Wildman–Crippen MR) is 70.1 cm³/mol. The average Bonchev–Trinajstić information content (AvgIpc) is 3.01. The van der Waals surface area contributed by atoms with Crippen LogP contribution in [0, 0.1) is 0 Å². The number of imidazole rings is 1. The number of aliphatic hydroxyl groups excluding tert-OH is 3. The molecule has 8 nitrogen and oxygen atoms in total. The molecule has 0 aromatic carbocycles. The van der Waals surface area contributed by atoms with Crippen LogP contribution in [0.1, 0.15) is 6.23 Å². The fourth-order valence-electron chi connectivity index (χ4n) is 2.28. The maximum absolute atomic E-state index is 10.0. The number of ether oxygens (including phenoxy) is 1. The Morgan fingerprint density at radius 2 is 2.10 bits per heavy atom. The fourth-order valence-corrected chi connectivity index (χ4v) is 2.77. The van der Waals surface area contributed by atoms with Gasteiger partial charge in [-0.15, -0.1) is 11.8 Å². The molecule has 1 aliphatic heterocycles. The van der Waals surface area contributed by atoms with Gasteiger partial charge in [-0.2, -0.15) is 0 Å². The van der Waals surface area contributed by atoms with Crippen LogP contribution < -0.4 is 0 Å². The lowest BCUT2D eigenvalue weighted by atomic mass is 10.1. The molecule has 20 heavy (non-hydrogen) atoms. The molecule has 0 spiro atoms. The van der Waals surface area contributed by atoms with Crippen LogP contribution in [0.5, 0.6) is 0 Å². The maximum Gasteiger partial charge on any atom is 0.166 e. The molecule has 0 aliphatic carbocycles. The van der Waals surface area contributed by atoms with Crippen molar-refractivity contribution >= 4 is 22.9 Å². The zero-order valence-corrected chi connectivity index (χ0v) is 11.4. The third kappa shape index (κ3) is 1.98. The third-order valence-electron chi connectivity index (χ3n) is 3.31. The molecule has 1 saturated heterocycles. The number of nitrogens with zero attached hydrogens (tertiary/aromatic N) is 4. The van der Waals surface area contributed by atoms with Crippen molar-refractivity contribution in [3.63, 3.8) is 0 Å². The number of thioether (sulfide) groups is 1. The Hall–Kier alpha value is -1.26. The van der Waals surface area contributed by atoms with Crippen molar-refractivity contribution in [3.8, 4) is 0 Å². The summed E-state index contributed by atoms with van der Waals surface area (Å²) in [5.74, 6) is 0. The minimum atomic E-state index is -1.16. The van der Waals surface area contributed by atoms with Crippen LogP contribution in [0.4, 0.5) is 0 Å². The van der Waals surface area contributed by atoms with Gasteiger partial charge in [0.25, 0.3) is 0 Å². The molecule has 9 heteroatoms. The Kier molecular flexibility index (Phi) is 3.61. The summed E-state index contributed by atoms with van der Waals surface area (Å²) in [6, 6.07) is 0. The number of fused-ring (bicyclic) bond motifs is 1. The van der Waals surface area contributed by atoms with Crippen LogP contribution in [0.15, 0.2) is 17.7 Å². The summed E-state index contributed by atoms with van der Waals surface area (Å²) >= 11 is 1.44. The van der Waals surface area contributed by atoms with Gasteiger partial charge >= 0.3 is 0 Å². The Bertz CT molecular complexity index is 621. The topological polar surface area (TPSA) is 114 Å². The first-order chi connectivity index (χ1) is 9.67. The van der Waals surface area contributed by atoms with E-state index in [4.69, 9.17) is 9.84 Å². The van der Waals surface area contributed by atoms with Gasteiger partial charge in [0.2, 0.25) is 0 Å². The van der Waals surface area contributed by atoms with E-state index in [1.54, 1.807) is 4.57 Å². The van der Waals surface area contributed by atoms with Crippen molar-refractivity contribution in [3.05, 3.63) is 12.7 Å². The minimum absolute atomic E-state index is 0.369. The van der Waals surface area contributed by atoms with Gasteiger partial charge in [-0.05, 0) is 6.26 Å². The fraction of sp³-hybridized carbons (Fsp3) is 0.545. The highest BCUT2D eigenvalue weighted by Gasteiger charge is 2.43. The van der Waals surface area contributed by atoms with Crippen LogP contribution in [-0.4, -0.2) is 66.0 Å². The lowest BCUT2D eigenvalue weighted by molar-refractivity contribution is -0.0511. The summed E-state index contributed by atoms with van der Waals surface area (Å²) in [4.78, 5) is 12.5. The van der Waals surface area contributed by atoms with Gasteiger partial charge in [-0.1, -0.05) is 0 Å². The lowest BCUT2D eigenvalue weighted by Gasteiger charge is -2.16. The Morgan fingerprint density at radius 1 is 1.30 bits per heavy atom. The van der Waals surface area contributed by atoms with Crippen molar-refractivity contribution in [2.45, 2.75) is 29.6 Å². The summed E-state index contributed by atoms with van der Waals surface area (Å²) in [5, 5.41) is 29.7. The van der Waals surface area contributed by atoms with Crippen molar-refractivity contribution in [2.24, 2.45) is 0 Å². The number of aliphatic hydroxyl groups is 3. The first-order valence-electron chi connectivity index (χ1n) is 6.01. The van der Waals surface area contributed by atoms with E-state index in [-0.39, 0.29) is 6.61 Å². The number of hydrogen-bond donors (Lipinski definition) is 3. The lowest BCUT2D eigenvalue weighted by Crippen LogP contribution is -2.33. The van der Waals surface area contributed by atoms with E-state index in [0.29, 0.717) is 11.2 Å². The number of rotatable bonds is 3. The van der Waals surface area contributed by atoms with Crippen LogP contribution in [0.3, 0.4) is 0 Å². The molecule has 2 aromatic heterocycles. The molecule has 0 saturated carbocycles. The first kappa shape index (κ1) is 13.7. The summed E-state index contributed by atoms with van der Waals surface area (Å²) in [6.07, 6.45) is 0.813. The van der Waals surface area contributed by atoms with E-state index in [9.17, 15) is 10.2 Å². The standard InChI is InChI=1S/C11H14N4O4S/c1-20-10-6-9(12-3-13-10)15(4-14-6)11-8(18)7(17)5(2-16)19-11/h3-5,7-8,11,16-18H,2H2,1H3/t5-,7+,8+,11+/m0/s1. The SMILES string of the molecule is CSc1ncnc2c1ncn2[C@@H]1O[C@@H](CO)[C@@H](O)[C@H]1O. The molecule has 0 amide bonds. The van der Waals surface area contributed by atoms with E-state index >= 15 is 0 Å². The van der Waals surface area contributed by atoms with Gasteiger partial charge in [-0.25, -0.2) is 15.0 Å². The maximum atomic E-state index is 10.0. The molecular formula is C11H14N4O4S. The second-order valence-electron chi connectivity index (χ2n) is 4.44. The average molecular weight is 298 g/mol.